The van der Waals surface area contributed by atoms with Crippen molar-refractivity contribution in [2.24, 2.45) is 0 Å². The van der Waals surface area contributed by atoms with Crippen LogP contribution in [0, 0.1) is 5.82 Å². The first-order valence-electron chi connectivity index (χ1n) is 10.7. The summed E-state index contributed by atoms with van der Waals surface area (Å²) in [6.45, 7) is 6.06. The van der Waals surface area contributed by atoms with Crippen LogP contribution in [0.3, 0.4) is 0 Å². The number of halogens is 1. The molecule has 0 aliphatic rings. The Hall–Kier alpha value is -3.26. The summed E-state index contributed by atoms with van der Waals surface area (Å²) in [6.07, 6.45) is 3.68. The molecule has 0 fully saturated rings. The maximum atomic E-state index is 13.7. The Bertz CT molecular complexity index is 1080. The first-order valence-corrected chi connectivity index (χ1v) is 10.7. The van der Waals surface area contributed by atoms with E-state index in [2.05, 4.69) is 20.6 Å². The number of amides is 2. The average molecular weight is 440 g/mol. The zero-order chi connectivity index (χ0) is 23.3. The molecule has 8 heteroatoms. The minimum atomic E-state index is -0.837. The number of fused-ring (bicyclic) bond motifs is 1. The number of rotatable bonds is 9. The van der Waals surface area contributed by atoms with Crippen molar-refractivity contribution in [3.8, 4) is 0 Å². The summed E-state index contributed by atoms with van der Waals surface area (Å²) in [5.41, 5.74) is 2.25. The molecule has 2 atom stereocenters. The molecule has 0 bridgehead atoms. The highest BCUT2D eigenvalue weighted by Crippen LogP contribution is 2.12. The molecule has 7 nitrogen and oxygen atoms in total. The van der Waals surface area contributed by atoms with Crippen LogP contribution in [0.5, 0.6) is 0 Å². The Morgan fingerprint density at radius 1 is 1.12 bits per heavy atom. The highest BCUT2D eigenvalue weighted by Gasteiger charge is 2.26. The van der Waals surface area contributed by atoms with Gasteiger partial charge in [-0.15, -0.1) is 0 Å². The highest BCUT2D eigenvalue weighted by atomic mass is 19.1. The van der Waals surface area contributed by atoms with Crippen LogP contribution in [0.2, 0.25) is 0 Å². The molecule has 2 heterocycles. The Kier molecular flexibility index (Phi) is 7.58. The normalized spacial score (nSPS) is 13.3. The molecule has 0 spiro atoms. The molecule has 1 unspecified atom stereocenters. The summed E-state index contributed by atoms with van der Waals surface area (Å²) in [4.78, 5) is 35.1. The fraction of sp³-hybridized carbons (Fsp3) is 0.375. The number of H-pyrrole nitrogens is 1. The van der Waals surface area contributed by atoms with Crippen LogP contribution in [-0.4, -0.2) is 51.9 Å². The number of carbonyl (C=O) groups is 2. The van der Waals surface area contributed by atoms with Crippen LogP contribution >= 0.6 is 0 Å². The topological polar surface area (TPSA) is 90.1 Å². The van der Waals surface area contributed by atoms with Gasteiger partial charge in [-0.1, -0.05) is 12.1 Å². The summed E-state index contributed by atoms with van der Waals surface area (Å²) in [5.74, 6) is -0.976. The van der Waals surface area contributed by atoms with E-state index in [1.165, 1.54) is 12.1 Å². The lowest BCUT2D eigenvalue weighted by atomic mass is 10.0. The maximum Gasteiger partial charge on any atom is 0.243 e. The molecule has 0 saturated heterocycles. The molecule has 32 heavy (non-hydrogen) atoms. The van der Waals surface area contributed by atoms with Gasteiger partial charge in [0.05, 0.1) is 6.04 Å². The van der Waals surface area contributed by atoms with E-state index in [1.807, 2.05) is 37.9 Å². The molecule has 3 rings (SSSR count). The second kappa shape index (κ2) is 10.4. The number of carbonyl (C=O) groups excluding carboxylic acids is 2. The smallest absolute Gasteiger partial charge is 0.243 e. The van der Waals surface area contributed by atoms with Crippen LogP contribution in [0.4, 0.5) is 4.39 Å². The third kappa shape index (κ3) is 5.91. The average Bonchev–Trinajstić information content (AvgIpc) is 3.23. The second-order valence-electron chi connectivity index (χ2n) is 8.31. The largest absolute Gasteiger partial charge is 0.350 e. The number of hydrogen-bond donors (Lipinski definition) is 3. The van der Waals surface area contributed by atoms with Crippen LogP contribution in [0.1, 0.15) is 31.9 Å². The van der Waals surface area contributed by atoms with Gasteiger partial charge >= 0.3 is 0 Å². The Labute approximate surface area is 187 Å². The fourth-order valence-corrected chi connectivity index (χ4v) is 3.43. The molecule has 1 aromatic carbocycles. The van der Waals surface area contributed by atoms with E-state index in [0.29, 0.717) is 5.56 Å². The molecule has 0 aliphatic heterocycles. The van der Waals surface area contributed by atoms with E-state index < -0.39 is 12.1 Å². The fourth-order valence-electron chi connectivity index (χ4n) is 3.43. The first kappa shape index (κ1) is 23.4. The van der Waals surface area contributed by atoms with E-state index in [0.717, 1.165) is 16.6 Å². The summed E-state index contributed by atoms with van der Waals surface area (Å²) in [6, 6.07) is 8.82. The van der Waals surface area contributed by atoms with Crippen molar-refractivity contribution in [2.45, 2.75) is 51.9 Å². The monoisotopic (exact) mass is 439 g/mol. The van der Waals surface area contributed by atoms with Gasteiger partial charge < -0.3 is 15.6 Å². The minimum absolute atomic E-state index is 0.169. The summed E-state index contributed by atoms with van der Waals surface area (Å²) < 4.78 is 13.7. The third-order valence-corrected chi connectivity index (χ3v) is 5.69. The minimum Gasteiger partial charge on any atom is -0.350 e. The van der Waals surface area contributed by atoms with Crippen molar-refractivity contribution in [1.29, 1.82) is 0 Å². The van der Waals surface area contributed by atoms with Crippen molar-refractivity contribution in [3.05, 3.63) is 65.7 Å². The molecule has 3 aromatic rings. The van der Waals surface area contributed by atoms with Gasteiger partial charge in [-0.2, -0.15) is 0 Å². The molecule has 0 aliphatic carbocycles. The number of nitrogens with zero attached hydrogens (tertiary/aromatic N) is 2. The lowest BCUT2D eigenvalue weighted by Crippen LogP contribution is -2.53. The van der Waals surface area contributed by atoms with Crippen molar-refractivity contribution < 1.29 is 14.0 Å². The Morgan fingerprint density at radius 3 is 2.62 bits per heavy atom. The number of aromatic nitrogens is 2. The van der Waals surface area contributed by atoms with Gasteiger partial charge in [0.15, 0.2) is 0 Å². The zero-order valence-electron chi connectivity index (χ0n) is 18.9. The molecule has 2 aromatic heterocycles. The standard InChI is InChI=1S/C24H30FN5O2/c1-15(2)30(4)16(3)23(31)29-21(12-17-6-5-7-20(25)11-17)24(32)28-14-18-10-19-8-9-26-22(19)27-13-18/h5-11,13,15-16,21H,12,14H2,1-4H3,(H,26,27)(H,28,32)(H,29,31)/t16?,21-/m0/s1. The van der Waals surface area contributed by atoms with Gasteiger partial charge in [0.25, 0.3) is 0 Å². The van der Waals surface area contributed by atoms with Gasteiger partial charge in [0.2, 0.25) is 11.8 Å². The molecular formula is C24H30FN5O2. The molecular weight excluding hydrogens is 409 g/mol. The molecule has 2 amide bonds. The van der Waals surface area contributed by atoms with E-state index in [4.69, 9.17) is 0 Å². The Morgan fingerprint density at radius 2 is 1.91 bits per heavy atom. The molecule has 0 saturated carbocycles. The Balaban J connectivity index is 1.72. The number of benzene rings is 1. The second-order valence-corrected chi connectivity index (χ2v) is 8.31. The third-order valence-electron chi connectivity index (χ3n) is 5.69. The van der Waals surface area contributed by atoms with E-state index in [9.17, 15) is 14.0 Å². The number of likely N-dealkylation sites (N-methyl/N-ethyl adjacent to an activating group) is 1. The predicted octanol–water partition coefficient (Wildman–Crippen LogP) is 2.77. The number of nitrogens with one attached hydrogen (secondary N) is 3. The van der Waals surface area contributed by atoms with Gasteiger partial charge in [0, 0.05) is 36.8 Å². The SMILES string of the molecule is CC(C)N(C)C(C)C(=O)N[C@@H](Cc1cccc(F)c1)C(=O)NCc1cnc2[nH]ccc2c1. The van der Waals surface area contributed by atoms with Gasteiger partial charge in [-0.3, -0.25) is 14.5 Å². The van der Waals surface area contributed by atoms with E-state index in [-0.39, 0.29) is 36.6 Å². The van der Waals surface area contributed by atoms with Crippen molar-refractivity contribution >= 4 is 22.8 Å². The summed E-state index contributed by atoms with van der Waals surface area (Å²) in [5, 5.41) is 6.67. The van der Waals surface area contributed by atoms with Crippen molar-refractivity contribution in [1.82, 2.24) is 25.5 Å². The van der Waals surface area contributed by atoms with Crippen LogP contribution < -0.4 is 10.6 Å². The lowest BCUT2D eigenvalue weighted by Gasteiger charge is -2.29. The zero-order valence-corrected chi connectivity index (χ0v) is 18.9. The first-order chi connectivity index (χ1) is 15.2. The summed E-state index contributed by atoms with van der Waals surface area (Å²) in [7, 11) is 1.86. The maximum absolute atomic E-state index is 13.7. The van der Waals surface area contributed by atoms with E-state index >= 15 is 0 Å². The molecule has 170 valence electrons. The highest BCUT2D eigenvalue weighted by molar-refractivity contribution is 5.90. The van der Waals surface area contributed by atoms with Gasteiger partial charge in [-0.05, 0) is 63.2 Å². The lowest BCUT2D eigenvalue weighted by molar-refractivity contribution is -0.131. The van der Waals surface area contributed by atoms with Crippen LogP contribution in [0.15, 0.2) is 48.8 Å². The predicted molar refractivity (Wildman–Crippen MR) is 122 cm³/mol. The van der Waals surface area contributed by atoms with Crippen molar-refractivity contribution in [3.63, 3.8) is 0 Å². The number of hydrogen-bond acceptors (Lipinski definition) is 4. The number of pyridine rings is 1. The molecule has 0 radical (unpaired) electrons. The van der Waals surface area contributed by atoms with E-state index in [1.54, 1.807) is 31.5 Å². The quantitative estimate of drug-likeness (QED) is 0.478. The van der Waals surface area contributed by atoms with Crippen LogP contribution in [0.25, 0.3) is 11.0 Å². The van der Waals surface area contributed by atoms with Crippen LogP contribution in [-0.2, 0) is 22.6 Å². The molecule has 3 N–H and O–H groups in total. The van der Waals surface area contributed by atoms with Crippen molar-refractivity contribution in [2.75, 3.05) is 7.05 Å². The number of aromatic amines is 1. The van der Waals surface area contributed by atoms with Gasteiger partial charge in [-0.25, -0.2) is 9.37 Å². The van der Waals surface area contributed by atoms with Gasteiger partial charge in [0.1, 0.15) is 17.5 Å². The summed E-state index contributed by atoms with van der Waals surface area (Å²) >= 11 is 0.